The van der Waals surface area contributed by atoms with Gasteiger partial charge in [-0.1, -0.05) is 12.1 Å². The molecule has 27 heavy (non-hydrogen) atoms. The lowest BCUT2D eigenvalue weighted by atomic mass is 10.2. The van der Waals surface area contributed by atoms with E-state index in [1.807, 2.05) is 17.0 Å². The predicted molar refractivity (Wildman–Crippen MR) is 111 cm³/mol. The Morgan fingerprint density at radius 1 is 0.926 bits per heavy atom. The van der Waals surface area contributed by atoms with Crippen LogP contribution in [0.1, 0.15) is 18.4 Å². The summed E-state index contributed by atoms with van der Waals surface area (Å²) in [5, 5.41) is 3.28. The van der Waals surface area contributed by atoms with E-state index in [0.717, 1.165) is 77.4 Å². The van der Waals surface area contributed by atoms with Crippen LogP contribution in [0.15, 0.2) is 24.3 Å². The molecular weight excluding hydrogens is 390 g/mol. The molecule has 1 aromatic carbocycles. The Kier molecular flexibility index (Phi) is 11.2. The molecule has 154 valence electrons. The summed E-state index contributed by atoms with van der Waals surface area (Å²) in [4.78, 5) is 19.1. The van der Waals surface area contributed by atoms with E-state index in [2.05, 4.69) is 15.1 Å². The van der Waals surface area contributed by atoms with Gasteiger partial charge in [0, 0.05) is 58.8 Å². The molecule has 5 nitrogen and oxygen atoms in total. The van der Waals surface area contributed by atoms with Crippen LogP contribution in [0.4, 0.5) is 4.39 Å². The number of carbonyl (C=O) groups is 1. The molecule has 0 saturated carbocycles. The first-order valence-corrected chi connectivity index (χ1v) is 9.38. The van der Waals surface area contributed by atoms with Crippen LogP contribution in [-0.4, -0.2) is 79.5 Å². The van der Waals surface area contributed by atoms with E-state index in [9.17, 15) is 9.18 Å². The van der Waals surface area contributed by atoms with Crippen LogP contribution in [0, 0.1) is 5.82 Å². The Bertz CT molecular complexity index is 555. The number of carbonyl (C=O) groups excluding carboxylic acids is 1. The lowest BCUT2D eigenvalue weighted by Gasteiger charge is -2.28. The monoisotopic (exact) mass is 420 g/mol. The molecule has 2 heterocycles. The van der Waals surface area contributed by atoms with Crippen molar-refractivity contribution in [3.63, 3.8) is 0 Å². The number of halogens is 3. The fourth-order valence-corrected chi connectivity index (χ4v) is 3.58. The zero-order valence-corrected chi connectivity index (χ0v) is 17.4. The quantitative estimate of drug-likeness (QED) is 0.790. The van der Waals surface area contributed by atoms with Crippen LogP contribution in [0.3, 0.4) is 0 Å². The summed E-state index contributed by atoms with van der Waals surface area (Å²) in [6.45, 7) is 9.32. The van der Waals surface area contributed by atoms with Crippen molar-refractivity contribution in [1.29, 1.82) is 0 Å². The Morgan fingerprint density at radius 2 is 1.56 bits per heavy atom. The average molecular weight is 421 g/mol. The van der Waals surface area contributed by atoms with Crippen LogP contribution < -0.4 is 5.32 Å². The number of piperazine rings is 1. The SMILES string of the molecule is Cl.Cl.O=C(CCN1CCCN(Cc2ccc(F)cc2)CC1)N1CCNCC1. The number of nitrogens with one attached hydrogen (secondary N) is 1. The van der Waals surface area contributed by atoms with Crippen molar-refractivity contribution in [2.24, 2.45) is 0 Å². The molecule has 1 amide bonds. The standard InChI is InChI=1S/C19H29FN4O.2ClH/c20-18-4-2-17(3-5-18)16-23-10-1-9-22(14-15-23)11-6-19(25)24-12-7-21-8-13-24;;/h2-5,21H,1,6-16H2;2*1H. The number of hydrogen-bond acceptors (Lipinski definition) is 4. The molecular formula is C19H31Cl2FN4O. The zero-order chi connectivity index (χ0) is 17.5. The first kappa shape index (κ1) is 24.1. The van der Waals surface area contributed by atoms with Gasteiger partial charge in [0.1, 0.15) is 5.82 Å². The van der Waals surface area contributed by atoms with E-state index >= 15 is 0 Å². The molecule has 2 aliphatic rings. The predicted octanol–water partition coefficient (Wildman–Crippen LogP) is 2.00. The summed E-state index contributed by atoms with van der Waals surface area (Å²) in [6, 6.07) is 6.79. The molecule has 0 bridgehead atoms. The highest BCUT2D eigenvalue weighted by molar-refractivity contribution is 5.85. The highest BCUT2D eigenvalue weighted by Crippen LogP contribution is 2.11. The van der Waals surface area contributed by atoms with Gasteiger partial charge in [0.15, 0.2) is 0 Å². The Labute approximate surface area is 174 Å². The van der Waals surface area contributed by atoms with Crippen molar-refractivity contribution in [1.82, 2.24) is 20.0 Å². The van der Waals surface area contributed by atoms with Gasteiger partial charge in [-0.05, 0) is 37.2 Å². The molecule has 2 fully saturated rings. The van der Waals surface area contributed by atoms with Crippen molar-refractivity contribution in [3.05, 3.63) is 35.6 Å². The third-order valence-corrected chi connectivity index (χ3v) is 5.11. The van der Waals surface area contributed by atoms with Gasteiger partial charge in [-0.2, -0.15) is 0 Å². The molecule has 2 saturated heterocycles. The van der Waals surface area contributed by atoms with Crippen LogP contribution in [0.5, 0.6) is 0 Å². The first-order valence-electron chi connectivity index (χ1n) is 9.38. The highest BCUT2D eigenvalue weighted by Gasteiger charge is 2.19. The van der Waals surface area contributed by atoms with Crippen molar-refractivity contribution in [2.45, 2.75) is 19.4 Å². The Morgan fingerprint density at radius 3 is 2.26 bits per heavy atom. The molecule has 2 aliphatic heterocycles. The maximum atomic E-state index is 13.0. The molecule has 0 aromatic heterocycles. The fourth-order valence-electron chi connectivity index (χ4n) is 3.58. The maximum Gasteiger partial charge on any atom is 0.223 e. The van der Waals surface area contributed by atoms with Crippen molar-refractivity contribution in [2.75, 3.05) is 58.9 Å². The van der Waals surface area contributed by atoms with Crippen LogP contribution >= 0.6 is 24.8 Å². The minimum absolute atomic E-state index is 0. The van der Waals surface area contributed by atoms with E-state index in [0.29, 0.717) is 6.42 Å². The summed E-state index contributed by atoms with van der Waals surface area (Å²) in [6.07, 6.45) is 1.74. The van der Waals surface area contributed by atoms with Gasteiger partial charge in [0.2, 0.25) is 5.91 Å². The molecule has 0 unspecified atom stereocenters. The topological polar surface area (TPSA) is 38.8 Å². The third kappa shape index (κ3) is 7.92. The largest absolute Gasteiger partial charge is 0.340 e. The summed E-state index contributed by atoms with van der Waals surface area (Å²) < 4.78 is 13.0. The van der Waals surface area contributed by atoms with E-state index < -0.39 is 0 Å². The highest BCUT2D eigenvalue weighted by atomic mass is 35.5. The van der Waals surface area contributed by atoms with Gasteiger partial charge in [0.25, 0.3) is 0 Å². The van der Waals surface area contributed by atoms with Gasteiger partial charge in [-0.3, -0.25) is 9.69 Å². The van der Waals surface area contributed by atoms with Crippen molar-refractivity contribution in [3.8, 4) is 0 Å². The lowest BCUT2D eigenvalue weighted by molar-refractivity contribution is -0.132. The molecule has 3 rings (SSSR count). The van der Waals surface area contributed by atoms with Gasteiger partial charge in [0.05, 0.1) is 0 Å². The summed E-state index contributed by atoms with van der Waals surface area (Å²) >= 11 is 0. The van der Waals surface area contributed by atoms with Crippen LogP contribution in [0.25, 0.3) is 0 Å². The maximum absolute atomic E-state index is 13.0. The number of amides is 1. The van der Waals surface area contributed by atoms with E-state index in [1.54, 1.807) is 0 Å². The summed E-state index contributed by atoms with van der Waals surface area (Å²) in [5.41, 5.74) is 1.16. The second-order valence-corrected chi connectivity index (χ2v) is 6.98. The number of rotatable bonds is 5. The van der Waals surface area contributed by atoms with E-state index in [4.69, 9.17) is 0 Å². The summed E-state index contributed by atoms with van der Waals surface area (Å²) in [7, 11) is 0. The zero-order valence-electron chi connectivity index (χ0n) is 15.7. The minimum atomic E-state index is -0.181. The normalized spacial score (nSPS) is 18.9. The average Bonchev–Trinajstić information content (AvgIpc) is 2.87. The van der Waals surface area contributed by atoms with Crippen LogP contribution in [0.2, 0.25) is 0 Å². The van der Waals surface area contributed by atoms with Crippen molar-refractivity contribution < 1.29 is 9.18 Å². The van der Waals surface area contributed by atoms with Gasteiger partial charge in [-0.25, -0.2) is 4.39 Å². The van der Waals surface area contributed by atoms with Gasteiger partial charge in [-0.15, -0.1) is 24.8 Å². The van der Waals surface area contributed by atoms with E-state index in [1.165, 1.54) is 12.1 Å². The van der Waals surface area contributed by atoms with E-state index in [-0.39, 0.29) is 36.5 Å². The Balaban J connectivity index is 0.00000182. The second-order valence-electron chi connectivity index (χ2n) is 6.98. The molecule has 0 atom stereocenters. The molecule has 1 aromatic rings. The lowest BCUT2D eigenvalue weighted by Crippen LogP contribution is -2.47. The van der Waals surface area contributed by atoms with Gasteiger partial charge >= 0.3 is 0 Å². The minimum Gasteiger partial charge on any atom is -0.340 e. The number of hydrogen-bond donors (Lipinski definition) is 1. The van der Waals surface area contributed by atoms with Crippen LogP contribution in [-0.2, 0) is 11.3 Å². The summed E-state index contributed by atoms with van der Waals surface area (Å²) in [5.74, 6) is 0.105. The molecule has 1 N–H and O–H groups in total. The second kappa shape index (κ2) is 12.5. The molecule has 0 radical (unpaired) electrons. The smallest absolute Gasteiger partial charge is 0.223 e. The number of benzene rings is 1. The van der Waals surface area contributed by atoms with Crippen molar-refractivity contribution >= 4 is 30.7 Å². The third-order valence-electron chi connectivity index (χ3n) is 5.11. The molecule has 0 aliphatic carbocycles. The molecule has 0 spiro atoms. The first-order chi connectivity index (χ1) is 12.2. The van der Waals surface area contributed by atoms with Gasteiger partial charge < -0.3 is 15.1 Å². The number of nitrogens with zero attached hydrogens (tertiary/aromatic N) is 3. The Hall–Kier alpha value is -0.920. The molecule has 8 heteroatoms. The fraction of sp³-hybridized carbons (Fsp3) is 0.632.